The fourth-order valence-corrected chi connectivity index (χ4v) is 2.84. The molecule has 3 nitrogen and oxygen atoms in total. The van der Waals surface area contributed by atoms with Crippen molar-refractivity contribution in [3.63, 3.8) is 0 Å². The molecule has 18 heavy (non-hydrogen) atoms. The fraction of sp³-hybridized carbons (Fsp3) is 0.500. The zero-order chi connectivity index (χ0) is 12.8. The Kier molecular flexibility index (Phi) is 5.08. The van der Waals surface area contributed by atoms with E-state index in [9.17, 15) is 0 Å². The average molecular weight is 264 g/mol. The number of anilines is 1. The molecular formula is C14H20N2OS. The zero-order valence-electron chi connectivity index (χ0n) is 11.0. The van der Waals surface area contributed by atoms with E-state index in [1.807, 2.05) is 11.8 Å². The molecule has 1 aliphatic heterocycles. The maximum absolute atomic E-state index is 5.14. The molecule has 4 heteroatoms. The van der Waals surface area contributed by atoms with E-state index in [1.54, 1.807) is 7.11 Å². The number of para-hydroxylation sites is 1. The van der Waals surface area contributed by atoms with Gasteiger partial charge in [0.1, 0.15) is 0 Å². The van der Waals surface area contributed by atoms with E-state index < -0.39 is 0 Å². The first-order chi connectivity index (χ1) is 8.83. The van der Waals surface area contributed by atoms with Gasteiger partial charge in [0.05, 0.1) is 13.2 Å². The van der Waals surface area contributed by atoms with Gasteiger partial charge in [-0.15, -0.1) is 0 Å². The van der Waals surface area contributed by atoms with Crippen LogP contribution in [0.1, 0.15) is 18.9 Å². The van der Waals surface area contributed by atoms with E-state index >= 15 is 0 Å². The number of amidine groups is 1. The van der Waals surface area contributed by atoms with Crippen LogP contribution in [0.2, 0.25) is 0 Å². The van der Waals surface area contributed by atoms with Crippen LogP contribution in [-0.4, -0.2) is 30.7 Å². The molecule has 2 rings (SSSR count). The lowest BCUT2D eigenvalue weighted by Crippen LogP contribution is -2.09. The number of hydrogen-bond acceptors (Lipinski definition) is 4. The standard InChI is InChI=1S/C14H20N2OS/c1-3-12-10-15-14(18-12)16-13-7-5-4-6-11(13)8-9-17-2/h4-7,12H,3,8-10H2,1-2H3,(H,15,16). The van der Waals surface area contributed by atoms with Crippen LogP contribution in [0.15, 0.2) is 29.3 Å². The van der Waals surface area contributed by atoms with Crippen LogP contribution < -0.4 is 5.32 Å². The van der Waals surface area contributed by atoms with Gasteiger partial charge in [0.2, 0.25) is 0 Å². The quantitative estimate of drug-likeness (QED) is 0.887. The topological polar surface area (TPSA) is 33.6 Å². The molecule has 0 spiro atoms. The van der Waals surface area contributed by atoms with Gasteiger partial charge >= 0.3 is 0 Å². The summed E-state index contributed by atoms with van der Waals surface area (Å²) in [5.41, 5.74) is 2.43. The predicted octanol–water partition coefficient (Wildman–Crippen LogP) is 3.17. The molecule has 1 heterocycles. The molecule has 0 bridgehead atoms. The molecule has 0 amide bonds. The van der Waals surface area contributed by atoms with Gasteiger partial charge < -0.3 is 10.1 Å². The van der Waals surface area contributed by atoms with Crippen molar-refractivity contribution < 1.29 is 4.74 Å². The Labute approximate surface area is 113 Å². The molecule has 0 saturated carbocycles. The lowest BCUT2D eigenvalue weighted by Gasteiger charge is -2.11. The molecule has 1 atom stereocenters. The van der Waals surface area contributed by atoms with Crippen LogP contribution in [0.5, 0.6) is 0 Å². The van der Waals surface area contributed by atoms with Gasteiger partial charge in [-0.1, -0.05) is 36.9 Å². The van der Waals surface area contributed by atoms with E-state index in [-0.39, 0.29) is 0 Å². The molecule has 98 valence electrons. The Bertz CT molecular complexity index is 420. The van der Waals surface area contributed by atoms with Crippen molar-refractivity contribution in [1.82, 2.24) is 0 Å². The minimum Gasteiger partial charge on any atom is -0.384 e. The van der Waals surface area contributed by atoms with Crippen LogP contribution in [0.3, 0.4) is 0 Å². The SMILES string of the molecule is CCC1CN=C(Nc2ccccc2CCOC)S1. The average Bonchev–Trinajstić information content (AvgIpc) is 2.85. The van der Waals surface area contributed by atoms with Crippen molar-refractivity contribution >= 4 is 22.6 Å². The van der Waals surface area contributed by atoms with E-state index in [2.05, 4.69) is 41.5 Å². The molecule has 0 saturated heterocycles. The monoisotopic (exact) mass is 264 g/mol. The third-order valence-corrected chi connectivity index (χ3v) is 4.28. The minimum atomic E-state index is 0.638. The summed E-state index contributed by atoms with van der Waals surface area (Å²) in [5.74, 6) is 0. The fourth-order valence-electron chi connectivity index (χ4n) is 1.89. The van der Waals surface area contributed by atoms with Crippen LogP contribution in [0.4, 0.5) is 5.69 Å². The molecule has 0 radical (unpaired) electrons. The molecule has 1 N–H and O–H groups in total. The number of ether oxygens (including phenoxy) is 1. The van der Waals surface area contributed by atoms with Crippen molar-refractivity contribution in [2.24, 2.45) is 4.99 Å². The normalized spacial score (nSPS) is 18.8. The van der Waals surface area contributed by atoms with Gasteiger partial charge in [-0.3, -0.25) is 4.99 Å². The Morgan fingerprint density at radius 3 is 3.00 bits per heavy atom. The highest BCUT2D eigenvalue weighted by Crippen LogP contribution is 2.26. The van der Waals surface area contributed by atoms with Crippen LogP contribution >= 0.6 is 11.8 Å². The van der Waals surface area contributed by atoms with Gasteiger partial charge in [0.15, 0.2) is 5.17 Å². The Hall–Kier alpha value is -1.00. The Morgan fingerprint density at radius 1 is 1.44 bits per heavy atom. The lowest BCUT2D eigenvalue weighted by molar-refractivity contribution is 0.202. The third kappa shape index (κ3) is 3.50. The second-order valence-corrected chi connectivity index (χ2v) is 5.61. The number of aliphatic imine (C=N–C) groups is 1. The summed E-state index contributed by atoms with van der Waals surface area (Å²) in [6.07, 6.45) is 2.10. The number of benzene rings is 1. The van der Waals surface area contributed by atoms with Crippen LogP contribution in [0.25, 0.3) is 0 Å². The number of nitrogens with one attached hydrogen (secondary N) is 1. The number of rotatable bonds is 5. The molecule has 1 unspecified atom stereocenters. The molecule has 0 fully saturated rings. The largest absolute Gasteiger partial charge is 0.384 e. The number of thioether (sulfide) groups is 1. The highest BCUT2D eigenvalue weighted by atomic mass is 32.2. The predicted molar refractivity (Wildman–Crippen MR) is 79.6 cm³/mol. The Balaban J connectivity index is 2.00. The van der Waals surface area contributed by atoms with Crippen molar-refractivity contribution in [2.45, 2.75) is 25.0 Å². The first-order valence-corrected chi connectivity index (χ1v) is 7.26. The molecule has 1 aromatic rings. The third-order valence-electron chi connectivity index (χ3n) is 3.01. The van der Waals surface area contributed by atoms with Gasteiger partial charge in [-0.05, 0) is 24.5 Å². The molecular weight excluding hydrogens is 244 g/mol. The maximum Gasteiger partial charge on any atom is 0.161 e. The molecule has 0 aromatic heterocycles. The number of hydrogen-bond donors (Lipinski definition) is 1. The lowest BCUT2D eigenvalue weighted by atomic mass is 10.1. The summed E-state index contributed by atoms with van der Waals surface area (Å²) in [4.78, 5) is 4.54. The summed E-state index contributed by atoms with van der Waals surface area (Å²) < 4.78 is 5.14. The van der Waals surface area contributed by atoms with Gasteiger partial charge in [-0.2, -0.15) is 0 Å². The van der Waals surface area contributed by atoms with Gasteiger partial charge in [-0.25, -0.2) is 0 Å². The molecule has 0 aliphatic carbocycles. The van der Waals surface area contributed by atoms with E-state index in [0.29, 0.717) is 5.25 Å². The highest BCUT2D eigenvalue weighted by molar-refractivity contribution is 8.15. The van der Waals surface area contributed by atoms with Crippen molar-refractivity contribution in [3.8, 4) is 0 Å². The van der Waals surface area contributed by atoms with Gasteiger partial charge in [0, 0.05) is 18.0 Å². The second kappa shape index (κ2) is 6.81. The second-order valence-electron chi connectivity index (χ2n) is 4.32. The summed E-state index contributed by atoms with van der Waals surface area (Å²) in [6.45, 7) is 3.89. The molecule has 1 aliphatic rings. The number of nitrogens with zero attached hydrogens (tertiary/aromatic N) is 1. The highest BCUT2D eigenvalue weighted by Gasteiger charge is 2.18. The van der Waals surface area contributed by atoms with E-state index in [0.717, 1.165) is 30.4 Å². The first-order valence-electron chi connectivity index (χ1n) is 6.38. The summed E-state index contributed by atoms with van der Waals surface area (Å²) in [5, 5.41) is 5.13. The van der Waals surface area contributed by atoms with Crippen molar-refractivity contribution in [2.75, 3.05) is 25.6 Å². The summed E-state index contributed by atoms with van der Waals surface area (Å²) in [7, 11) is 1.73. The van der Waals surface area contributed by atoms with Crippen molar-refractivity contribution in [1.29, 1.82) is 0 Å². The minimum absolute atomic E-state index is 0.638. The van der Waals surface area contributed by atoms with Crippen LogP contribution in [-0.2, 0) is 11.2 Å². The Morgan fingerprint density at radius 2 is 2.28 bits per heavy atom. The van der Waals surface area contributed by atoms with Crippen LogP contribution in [0, 0.1) is 0 Å². The first kappa shape index (κ1) is 13.4. The molecule has 1 aromatic carbocycles. The number of methoxy groups -OCH3 is 1. The van der Waals surface area contributed by atoms with E-state index in [1.165, 1.54) is 12.0 Å². The maximum atomic E-state index is 5.14. The zero-order valence-corrected chi connectivity index (χ0v) is 11.8. The van der Waals surface area contributed by atoms with Gasteiger partial charge in [0.25, 0.3) is 0 Å². The summed E-state index contributed by atoms with van der Waals surface area (Å²) >= 11 is 1.85. The summed E-state index contributed by atoms with van der Waals surface area (Å²) in [6, 6.07) is 8.36. The van der Waals surface area contributed by atoms with Crippen molar-refractivity contribution in [3.05, 3.63) is 29.8 Å². The smallest absolute Gasteiger partial charge is 0.161 e. The van der Waals surface area contributed by atoms with E-state index in [4.69, 9.17) is 4.74 Å².